The molecule has 0 radical (unpaired) electrons. The third-order valence-corrected chi connectivity index (χ3v) is 3.78. The summed E-state index contributed by atoms with van der Waals surface area (Å²) in [6.07, 6.45) is 0. The number of benzene rings is 2. The van der Waals surface area contributed by atoms with Crippen LogP contribution >= 0.6 is 31.9 Å². The molecule has 0 aliphatic heterocycles. The van der Waals surface area contributed by atoms with Gasteiger partial charge < -0.3 is 10.1 Å². The summed E-state index contributed by atoms with van der Waals surface area (Å²) < 4.78 is 7.15. The number of anilines is 1. The van der Waals surface area contributed by atoms with Gasteiger partial charge in [0.15, 0.2) is 6.61 Å². The van der Waals surface area contributed by atoms with Gasteiger partial charge in [0, 0.05) is 8.95 Å². The lowest BCUT2D eigenvalue weighted by Gasteiger charge is -2.09. The van der Waals surface area contributed by atoms with Crippen molar-refractivity contribution in [3.05, 3.63) is 57.0 Å². The number of halogens is 2. The summed E-state index contributed by atoms with van der Waals surface area (Å²) in [6.45, 7) is 1.98. The maximum absolute atomic E-state index is 11.8. The van der Waals surface area contributed by atoms with E-state index in [2.05, 4.69) is 37.2 Å². The van der Waals surface area contributed by atoms with Crippen LogP contribution in [0.3, 0.4) is 0 Å². The number of aryl methyl sites for hydroxylation is 1. The van der Waals surface area contributed by atoms with Gasteiger partial charge in [-0.05, 0) is 53.2 Å². The van der Waals surface area contributed by atoms with Crippen LogP contribution < -0.4 is 10.1 Å². The SMILES string of the molecule is Cc1ccc(OCC(=O)Nc2cc(Br)ccc2Br)cc1. The van der Waals surface area contributed by atoms with Crippen LogP contribution in [-0.2, 0) is 4.79 Å². The third-order valence-electron chi connectivity index (χ3n) is 2.59. The minimum absolute atomic E-state index is 0.0258. The molecule has 3 nitrogen and oxygen atoms in total. The number of amides is 1. The molecule has 0 spiro atoms. The fourth-order valence-corrected chi connectivity index (χ4v) is 2.27. The summed E-state index contributed by atoms with van der Waals surface area (Å²) in [6, 6.07) is 13.2. The fraction of sp³-hybridized carbons (Fsp3) is 0.133. The second-order valence-electron chi connectivity index (χ2n) is 4.27. The Bertz CT molecular complexity index is 612. The van der Waals surface area contributed by atoms with E-state index >= 15 is 0 Å². The molecule has 0 unspecified atom stereocenters. The van der Waals surface area contributed by atoms with Crippen LogP contribution in [0.2, 0.25) is 0 Å². The van der Waals surface area contributed by atoms with Gasteiger partial charge >= 0.3 is 0 Å². The van der Waals surface area contributed by atoms with Crippen LogP contribution in [0.15, 0.2) is 51.4 Å². The molecule has 1 N–H and O–H groups in total. The highest BCUT2D eigenvalue weighted by molar-refractivity contribution is 9.11. The molecular weight excluding hydrogens is 386 g/mol. The molecule has 2 rings (SSSR count). The largest absolute Gasteiger partial charge is 0.484 e. The van der Waals surface area contributed by atoms with Crippen molar-refractivity contribution in [3.63, 3.8) is 0 Å². The van der Waals surface area contributed by atoms with Crippen molar-refractivity contribution in [2.24, 2.45) is 0 Å². The molecule has 0 aliphatic carbocycles. The van der Waals surface area contributed by atoms with Gasteiger partial charge in [0.2, 0.25) is 0 Å². The van der Waals surface area contributed by atoms with Crippen LogP contribution in [0.4, 0.5) is 5.69 Å². The highest BCUT2D eigenvalue weighted by atomic mass is 79.9. The molecule has 0 heterocycles. The van der Waals surface area contributed by atoms with E-state index in [1.54, 1.807) is 0 Å². The Morgan fingerprint density at radius 1 is 1.15 bits per heavy atom. The lowest BCUT2D eigenvalue weighted by atomic mass is 10.2. The quantitative estimate of drug-likeness (QED) is 0.821. The zero-order valence-corrected chi connectivity index (χ0v) is 14.0. The van der Waals surface area contributed by atoms with Crippen molar-refractivity contribution in [2.75, 3.05) is 11.9 Å². The van der Waals surface area contributed by atoms with Crippen LogP contribution in [0.5, 0.6) is 5.75 Å². The first-order chi connectivity index (χ1) is 9.54. The van der Waals surface area contributed by atoms with Crippen LogP contribution in [0, 0.1) is 6.92 Å². The number of rotatable bonds is 4. The van der Waals surface area contributed by atoms with Gasteiger partial charge in [-0.15, -0.1) is 0 Å². The lowest BCUT2D eigenvalue weighted by molar-refractivity contribution is -0.118. The lowest BCUT2D eigenvalue weighted by Crippen LogP contribution is -2.20. The van der Waals surface area contributed by atoms with Crippen molar-refractivity contribution in [1.29, 1.82) is 0 Å². The molecule has 104 valence electrons. The van der Waals surface area contributed by atoms with Crippen molar-refractivity contribution < 1.29 is 9.53 Å². The molecule has 2 aromatic carbocycles. The molecule has 5 heteroatoms. The topological polar surface area (TPSA) is 38.3 Å². The minimum atomic E-state index is -0.204. The summed E-state index contributed by atoms with van der Waals surface area (Å²) in [7, 11) is 0. The van der Waals surface area contributed by atoms with E-state index in [0.29, 0.717) is 11.4 Å². The molecule has 20 heavy (non-hydrogen) atoms. The number of hydrogen-bond donors (Lipinski definition) is 1. The molecule has 0 atom stereocenters. The van der Waals surface area contributed by atoms with Gasteiger partial charge in [0.25, 0.3) is 5.91 Å². The Morgan fingerprint density at radius 3 is 2.55 bits per heavy atom. The van der Waals surface area contributed by atoms with Crippen molar-refractivity contribution in [2.45, 2.75) is 6.92 Å². The Labute approximate surface area is 134 Å². The molecular formula is C15H13Br2NO2. The minimum Gasteiger partial charge on any atom is -0.484 e. The smallest absolute Gasteiger partial charge is 0.262 e. The number of nitrogens with one attached hydrogen (secondary N) is 1. The first-order valence-corrected chi connectivity index (χ1v) is 7.57. The summed E-state index contributed by atoms with van der Waals surface area (Å²) in [5.74, 6) is 0.475. The number of carbonyl (C=O) groups excluding carboxylic acids is 1. The second kappa shape index (κ2) is 6.90. The number of ether oxygens (including phenoxy) is 1. The maximum atomic E-state index is 11.8. The average Bonchev–Trinajstić information content (AvgIpc) is 2.42. The Hall–Kier alpha value is -1.33. The average molecular weight is 399 g/mol. The molecule has 2 aromatic rings. The molecule has 0 aliphatic rings. The maximum Gasteiger partial charge on any atom is 0.262 e. The van der Waals surface area contributed by atoms with E-state index in [-0.39, 0.29) is 12.5 Å². The summed E-state index contributed by atoms with van der Waals surface area (Å²) in [5.41, 5.74) is 1.86. The highest BCUT2D eigenvalue weighted by Gasteiger charge is 2.07. The van der Waals surface area contributed by atoms with Crippen LogP contribution in [0.25, 0.3) is 0 Å². The highest BCUT2D eigenvalue weighted by Crippen LogP contribution is 2.26. The van der Waals surface area contributed by atoms with Crippen LogP contribution in [0.1, 0.15) is 5.56 Å². The molecule has 0 fully saturated rings. The van der Waals surface area contributed by atoms with Gasteiger partial charge in [0.1, 0.15) is 5.75 Å². The monoisotopic (exact) mass is 397 g/mol. The molecule has 0 saturated heterocycles. The van der Waals surface area contributed by atoms with E-state index in [9.17, 15) is 4.79 Å². The zero-order chi connectivity index (χ0) is 14.5. The van der Waals surface area contributed by atoms with E-state index in [1.165, 1.54) is 0 Å². The molecule has 1 amide bonds. The summed E-state index contributed by atoms with van der Waals surface area (Å²) in [5, 5.41) is 2.79. The normalized spacial score (nSPS) is 10.2. The first-order valence-electron chi connectivity index (χ1n) is 5.99. The predicted octanol–water partition coefficient (Wildman–Crippen LogP) is 4.54. The Kier molecular flexibility index (Phi) is 5.20. The van der Waals surface area contributed by atoms with Gasteiger partial charge in [-0.2, -0.15) is 0 Å². The van der Waals surface area contributed by atoms with E-state index in [1.807, 2.05) is 49.4 Å². The standard InChI is InChI=1S/C15H13Br2NO2/c1-10-2-5-12(6-3-10)20-9-15(19)18-14-8-11(16)4-7-13(14)17/h2-8H,9H2,1H3,(H,18,19). The van der Waals surface area contributed by atoms with Crippen LogP contribution in [-0.4, -0.2) is 12.5 Å². The fourth-order valence-electron chi connectivity index (χ4n) is 1.56. The Balaban J connectivity index is 1.92. The van der Waals surface area contributed by atoms with Gasteiger partial charge in [-0.1, -0.05) is 33.6 Å². The second-order valence-corrected chi connectivity index (χ2v) is 6.04. The summed E-state index contributed by atoms with van der Waals surface area (Å²) in [4.78, 5) is 11.8. The van der Waals surface area contributed by atoms with E-state index in [4.69, 9.17) is 4.74 Å². The van der Waals surface area contributed by atoms with E-state index < -0.39 is 0 Å². The third kappa shape index (κ3) is 4.35. The van der Waals surface area contributed by atoms with Gasteiger partial charge in [-0.25, -0.2) is 0 Å². The van der Waals surface area contributed by atoms with Gasteiger partial charge in [-0.3, -0.25) is 4.79 Å². The number of carbonyl (C=O) groups is 1. The zero-order valence-electron chi connectivity index (χ0n) is 10.8. The molecule has 0 aromatic heterocycles. The van der Waals surface area contributed by atoms with Gasteiger partial charge in [0.05, 0.1) is 5.69 Å². The molecule has 0 saturated carbocycles. The van der Waals surface area contributed by atoms with E-state index in [0.717, 1.165) is 14.5 Å². The van der Waals surface area contributed by atoms with Crippen molar-refractivity contribution in [3.8, 4) is 5.75 Å². The molecule has 0 bridgehead atoms. The number of hydrogen-bond acceptors (Lipinski definition) is 2. The summed E-state index contributed by atoms with van der Waals surface area (Å²) >= 11 is 6.75. The van der Waals surface area contributed by atoms with Crippen molar-refractivity contribution in [1.82, 2.24) is 0 Å². The predicted molar refractivity (Wildman–Crippen MR) is 87.1 cm³/mol. The Morgan fingerprint density at radius 2 is 1.85 bits per heavy atom. The first kappa shape index (κ1) is 15.1. The van der Waals surface area contributed by atoms with Crippen molar-refractivity contribution >= 4 is 43.5 Å².